The standard InChI is InChI=1S/C13H16ClN3S/c1-3-5-10(11-6-4-7-18-11)16-12-9(2)8-15-13(14)17-12/h4,6-8,10H,3,5H2,1-2H3,(H,15,16,17). The Balaban J connectivity index is 2.21. The first-order valence-corrected chi connectivity index (χ1v) is 7.25. The SMILES string of the molecule is CCCC(Nc1nc(Cl)ncc1C)c1cccs1. The summed E-state index contributed by atoms with van der Waals surface area (Å²) >= 11 is 7.60. The number of aryl methyl sites for hydroxylation is 1. The number of aromatic nitrogens is 2. The van der Waals surface area contributed by atoms with Crippen molar-refractivity contribution in [1.82, 2.24) is 9.97 Å². The third-order valence-electron chi connectivity index (χ3n) is 2.72. The Morgan fingerprint density at radius 3 is 3.00 bits per heavy atom. The number of nitrogens with zero attached hydrogens (tertiary/aromatic N) is 2. The zero-order valence-corrected chi connectivity index (χ0v) is 12.1. The summed E-state index contributed by atoms with van der Waals surface area (Å²) in [7, 11) is 0. The lowest BCUT2D eigenvalue weighted by Gasteiger charge is -2.18. The Kier molecular flexibility index (Phi) is 4.55. The third kappa shape index (κ3) is 3.21. The van der Waals surface area contributed by atoms with Gasteiger partial charge in [-0.2, -0.15) is 0 Å². The molecule has 0 saturated carbocycles. The molecular weight excluding hydrogens is 266 g/mol. The summed E-state index contributed by atoms with van der Waals surface area (Å²) in [4.78, 5) is 9.55. The molecule has 18 heavy (non-hydrogen) atoms. The number of halogens is 1. The molecule has 0 aliphatic heterocycles. The Morgan fingerprint density at radius 2 is 2.33 bits per heavy atom. The van der Waals surface area contributed by atoms with Gasteiger partial charge in [0.05, 0.1) is 6.04 Å². The lowest BCUT2D eigenvalue weighted by atomic mass is 10.1. The van der Waals surface area contributed by atoms with E-state index in [0.29, 0.717) is 6.04 Å². The van der Waals surface area contributed by atoms with Crippen molar-refractivity contribution >= 4 is 28.8 Å². The smallest absolute Gasteiger partial charge is 0.224 e. The Hall–Kier alpha value is -1.13. The van der Waals surface area contributed by atoms with E-state index < -0.39 is 0 Å². The van der Waals surface area contributed by atoms with Crippen LogP contribution in [0.25, 0.3) is 0 Å². The molecule has 1 unspecified atom stereocenters. The first-order valence-electron chi connectivity index (χ1n) is 5.99. The monoisotopic (exact) mass is 281 g/mol. The summed E-state index contributed by atoms with van der Waals surface area (Å²) in [5, 5.41) is 5.84. The molecule has 5 heteroatoms. The fourth-order valence-corrected chi connectivity index (χ4v) is 2.74. The Labute approximate surface area is 116 Å². The summed E-state index contributed by atoms with van der Waals surface area (Å²) in [6.45, 7) is 4.16. The minimum absolute atomic E-state index is 0.282. The van der Waals surface area contributed by atoms with Crippen molar-refractivity contribution in [2.24, 2.45) is 0 Å². The maximum atomic E-state index is 5.84. The summed E-state index contributed by atoms with van der Waals surface area (Å²) in [6.07, 6.45) is 3.93. The normalized spacial score (nSPS) is 12.4. The highest BCUT2D eigenvalue weighted by Crippen LogP contribution is 2.28. The van der Waals surface area contributed by atoms with Gasteiger partial charge in [0.1, 0.15) is 5.82 Å². The fraction of sp³-hybridized carbons (Fsp3) is 0.385. The number of rotatable bonds is 5. The van der Waals surface area contributed by atoms with Crippen LogP contribution in [0.5, 0.6) is 0 Å². The van der Waals surface area contributed by atoms with Gasteiger partial charge in [-0.25, -0.2) is 9.97 Å². The molecule has 0 spiro atoms. The van der Waals surface area contributed by atoms with Crippen LogP contribution in [-0.2, 0) is 0 Å². The first-order chi connectivity index (χ1) is 8.70. The highest BCUT2D eigenvalue weighted by atomic mass is 35.5. The molecule has 1 N–H and O–H groups in total. The lowest BCUT2D eigenvalue weighted by Crippen LogP contribution is -2.11. The van der Waals surface area contributed by atoms with Crippen molar-refractivity contribution in [3.63, 3.8) is 0 Å². The molecule has 0 aromatic carbocycles. The van der Waals surface area contributed by atoms with E-state index in [9.17, 15) is 0 Å². The summed E-state index contributed by atoms with van der Waals surface area (Å²) in [6, 6.07) is 4.51. The highest BCUT2D eigenvalue weighted by Gasteiger charge is 2.13. The van der Waals surface area contributed by atoms with Gasteiger partial charge in [-0.1, -0.05) is 19.4 Å². The van der Waals surface area contributed by atoms with Crippen LogP contribution >= 0.6 is 22.9 Å². The number of thiophene rings is 1. The van der Waals surface area contributed by atoms with Crippen LogP contribution in [0.3, 0.4) is 0 Å². The van der Waals surface area contributed by atoms with Crippen LogP contribution in [0.4, 0.5) is 5.82 Å². The number of nitrogens with one attached hydrogen (secondary N) is 1. The van der Waals surface area contributed by atoms with E-state index in [1.54, 1.807) is 17.5 Å². The van der Waals surface area contributed by atoms with Crippen LogP contribution in [0.2, 0.25) is 5.28 Å². The van der Waals surface area contributed by atoms with Gasteiger partial charge >= 0.3 is 0 Å². The van der Waals surface area contributed by atoms with Crippen molar-refractivity contribution in [2.45, 2.75) is 32.7 Å². The summed E-state index contributed by atoms with van der Waals surface area (Å²) < 4.78 is 0. The van der Waals surface area contributed by atoms with Crippen LogP contribution in [0.1, 0.15) is 36.2 Å². The average Bonchev–Trinajstić information content (AvgIpc) is 2.87. The number of hydrogen-bond acceptors (Lipinski definition) is 4. The zero-order valence-electron chi connectivity index (χ0n) is 10.5. The molecule has 3 nitrogen and oxygen atoms in total. The molecule has 1 atom stereocenters. The quantitative estimate of drug-likeness (QED) is 0.823. The van der Waals surface area contributed by atoms with Crippen LogP contribution in [-0.4, -0.2) is 9.97 Å². The molecule has 96 valence electrons. The second-order valence-electron chi connectivity index (χ2n) is 4.17. The van der Waals surface area contributed by atoms with Crippen molar-refractivity contribution in [3.05, 3.63) is 39.4 Å². The molecule has 2 rings (SSSR count). The van der Waals surface area contributed by atoms with Crippen molar-refractivity contribution in [2.75, 3.05) is 5.32 Å². The highest BCUT2D eigenvalue weighted by molar-refractivity contribution is 7.10. The van der Waals surface area contributed by atoms with Gasteiger partial charge in [-0.3, -0.25) is 0 Å². The van der Waals surface area contributed by atoms with Crippen LogP contribution in [0.15, 0.2) is 23.7 Å². The van der Waals surface area contributed by atoms with Crippen LogP contribution in [0, 0.1) is 6.92 Å². The van der Waals surface area contributed by atoms with Crippen molar-refractivity contribution < 1.29 is 0 Å². The number of anilines is 1. The molecular formula is C13H16ClN3S. The van der Waals surface area contributed by atoms with Gasteiger partial charge < -0.3 is 5.32 Å². The molecule has 0 amide bonds. The third-order valence-corrected chi connectivity index (χ3v) is 3.89. The van der Waals surface area contributed by atoms with Gasteiger partial charge in [0.2, 0.25) is 5.28 Å². The summed E-state index contributed by atoms with van der Waals surface area (Å²) in [5.74, 6) is 0.821. The van der Waals surface area contributed by atoms with E-state index in [1.807, 2.05) is 6.92 Å². The predicted molar refractivity (Wildman–Crippen MR) is 77.4 cm³/mol. The van der Waals surface area contributed by atoms with E-state index in [4.69, 9.17) is 11.6 Å². The zero-order chi connectivity index (χ0) is 13.0. The predicted octanol–water partition coefficient (Wildman–Crippen LogP) is 4.45. The maximum Gasteiger partial charge on any atom is 0.224 e. The topological polar surface area (TPSA) is 37.8 Å². The second kappa shape index (κ2) is 6.16. The summed E-state index contributed by atoms with van der Waals surface area (Å²) in [5.41, 5.74) is 1.01. The molecule has 0 fully saturated rings. The minimum atomic E-state index is 0.282. The molecule has 0 aliphatic rings. The van der Waals surface area contributed by atoms with E-state index in [1.165, 1.54) is 4.88 Å². The van der Waals surface area contributed by atoms with Gasteiger partial charge in [0.25, 0.3) is 0 Å². The largest absolute Gasteiger partial charge is 0.362 e. The second-order valence-corrected chi connectivity index (χ2v) is 5.49. The molecule has 0 aliphatic carbocycles. The minimum Gasteiger partial charge on any atom is -0.362 e. The Morgan fingerprint density at radius 1 is 1.50 bits per heavy atom. The molecule has 0 bridgehead atoms. The average molecular weight is 282 g/mol. The Bertz CT molecular complexity index is 499. The maximum absolute atomic E-state index is 5.84. The molecule has 2 aromatic heterocycles. The van der Waals surface area contributed by atoms with E-state index in [0.717, 1.165) is 24.2 Å². The molecule has 2 aromatic rings. The molecule has 2 heterocycles. The van der Waals surface area contributed by atoms with E-state index in [-0.39, 0.29) is 5.28 Å². The fourth-order valence-electron chi connectivity index (χ4n) is 1.80. The van der Waals surface area contributed by atoms with Gasteiger partial charge in [0, 0.05) is 16.6 Å². The van der Waals surface area contributed by atoms with Crippen molar-refractivity contribution in [3.8, 4) is 0 Å². The van der Waals surface area contributed by atoms with Crippen molar-refractivity contribution in [1.29, 1.82) is 0 Å². The van der Waals surface area contributed by atoms with Gasteiger partial charge in [-0.15, -0.1) is 11.3 Å². The molecule has 0 saturated heterocycles. The van der Waals surface area contributed by atoms with E-state index in [2.05, 4.69) is 39.7 Å². The first kappa shape index (κ1) is 13.3. The number of hydrogen-bond donors (Lipinski definition) is 1. The van der Waals surface area contributed by atoms with Gasteiger partial charge in [-0.05, 0) is 36.4 Å². The van der Waals surface area contributed by atoms with Gasteiger partial charge in [0.15, 0.2) is 0 Å². The molecule has 0 radical (unpaired) electrons. The van der Waals surface area contributed by atoms with E-state index >= 15 is 0 Å². The lowest BCUT2D eigenvalue weighted by molar-refractivity contribution is 0.683. The van der Waals surface area contributed by atoms with Crippen LogP contribution < -0.4 is 5.32 Å².